The number of aromatic nitrogens is 2. The Morgan fingerprint density at radius 1 is 1.00 bits per heavy atom. The lowest BCUT2D eigenvalue weighted by Gasteiger charge is -2.07. The minimum atomic E-state index is -0.852. The molecule has 2 aromatic carbocycles. The van der Waals surface area contributed by atoms with Crippen molar-refractivity contribution in [2.45, 2.75) is 13.3 Å². The topological polar surface area (TPSA) is 28.7 Å². The molecule has 0 aliphatic heterocycles. The van der Waals surface area contributed by atoms with Gasteiger partial charge in [-0.05, 0) is 12.5 Å². The predicted molar refractivity (Wildman–Crippen MR) is 78.8 cm³/mol. The summed E-state index contributed by atoms with van der Waals surface area (Å²) in [5.74, 6) is -1.69. The van der Waals surface area contributed by atoms with Gasteiger partial charge in [0.1, 0.15) is 5.69 Å². The van der Waals surface area contributed by atoms with Crippen LogP contribution in [0, 0.1) is 11.6 Å². The molecule has 0 bridgehead atoms. The first-order valence-corrected chi connectivity index (χ1v) is 6.79. The summed E-state index contributed by atoms with van der Waals surface area (Å²) in [7, 11) is 0. The Labute approximate surface area is 121 Å². The van der Waals surface area contributed by atoms with Gasteiger partial charge in [-0.3, -0.25) is 5.10 Å². The van der Waals surface area contributed by atoms with Crippen LogP contribution in [-0.4, -0.2) is 10.2 Å². The molecule has 0 amide bonds. The van der Waals surface area contributed by atoms with Crippen LogP contribution in [0.15, 0.2) is 48.5 Å². The van der Waals surface area contributed by atoms with E-state index in [-0.39, 0.29) is 5.56 Å². The maximum Gasteiger partial charge on any atom is 0.166 e. The fourth-order valence-electron chi connectivity index (χ4n) is 2.43. The van der Waals surface area contributed by atoms with Gasteiger partial charge in [0.15, 0.2) is 11.6 Å². The van der Waals surface area contributed by atoms with Crippen molar-refractivity contribution in [3.05, 3.63) is 65.9 Å². The maximum atomic E-state index is 14.2. The quantitative estimate of drug-likeness (QED) is 0.749. The lowest BCUT2D eigenvalue weighted by atomic mass is 9.97. The fourth-order valence-corrected chi connectivity index (χ4v) is 2.43. The summed E-state index contributed by atoms with van der Waals surface area (Å²) in [5.41, 5.74) is 3.16. The van der Waals surface area contributed by atoms with Crippen molar-refractivity contribution in [3.63, 3.8) is 0 Å². The summed E-state index contributed by atoms with van der Waals surface area (Å²) in [6, 6.07) is 13.7. The van der Waals surface area contributed by atoms with Crippen molar-refractivity contribution in [3.8, 4) is 22.4 Å². The van der Waals surface area contributed by atoms with Gasteiger partial charge in [0.05, 0.1) is 0 Å². The van der Waals surface area contributed by atoms with Crippen molar-refractivity contribution in [2.75, 3.05) is 0 Å². The summed E-state index contributed by atoms with van der Waals surface area (Å²) in [6.45, 7) is 1.95. The number of benzene rings is 2. The van der Waals surface area contributed by atoms with E-state index in [1.54, 1.807) is 6.07 Å². The molecular formula is C17H14F2N2. The Hall–Kier alpha value is -2.49. The summed E-state index contributed by atoms with van der Waals surface area (Å²) >= 11 is 0. The monoisotopic (exact) mass is 284 g/mol. The standard InChI is InChI=1S/C17H14F2N2/c1-2-14-15(12-9-6-10-13(18)16(12)19)17(21-20-14)11-7-4-3-5-8-11/h3-10H,2H2,1H3,(H,20,21). The number of rotatable bonds is 3. The molecular weight excluding hydrogens is 270 g/mol. The van der Waals surface area contributed by atoms with E-state index in [1.165, 1.54) is 6.07 Å². The third-order valence-corrected chi connectivity index (χ3v) is 3.46. The number of H-pyrrole nitrogens is 1. The smallest absolute Gasteiger partial charge is 0.166 e. The molecule has 0 saturated heterocycles. The Morgan fingerprint density at radius 2 is 1.76 bits per heavy atom. The van der Waals surface area contributed by atoms with Crippen LogP contribution in [0.2, 0.25) is 0 Å². The van der Waals surface area contributed by atoms with Gasteiger partial charge in [-0.25, -0.2) is 8.78 Å². The molecule has 0 aliphatic rings. The van der Waals surface area contributed by atoms with Gasteiger partial charge in [-0.2, -0.15) is 5.10 Å². The van der Waals surface area contributed by atoms with Gasteiger partial charge < -0.3 is 0 Å². The zero-order chi connectivity index (χ0) is 14.8. The lowest BCUT2D eigenvalue weighted by molar-refractivity contribution is 0.511. The van der Waals surface area contributed by atoms with Gasteiger partial charge >= 0.3 is 0 Å². The number of aromatic amines is 1. The molecule has 1 aromatic heterocycles. The first-order chi connectivity index (χ1) is 10.2. The Kier molecular flexibility index (Phi) is 3.52. The highest BCUT2D eigenvalue weighted by molar-refractivity contribution is 5.82. The van der Waals surface area contributed by atoms with Crippen LogP contribution in [0.3, 0.4) is 0 Å². The van der Waals surface area contributed by atoms with Gasteiger partial charge in [0.2, 0.25) is 0 Å². The van der Waals surface area contributed by atoms with Crippen molar-refractivity contribution in [2.24, 2.45) is 0 Å². The highest BCUT2D eigenvalue weighted by Gasteiger charge is 2.20. The largest absolute Gasteiger partial charge is 0.281 e. The predicted octanol–water partition coefficient (Wildman–Crippen LogP) is 4.58. The van der Waals surface area contributed by atoms with Crippen molar-refractivity contribution in [1.29, 1.82) is 0 Å². The second-order valence-corrected chi connectivity index (χ2v) is 4.75. The first-order valence-electron chi connectivity index (χ1n) is 6.79. The summed E-state index contributed by atoms with van der Waals surface area (Å²) in [6.07, 6.45) is 0.658. The molecule has 0 atom stereocenters. The molecule has 0 fully saturated rings. The van der Waals surface area contributed by atoms with Crippen LogP contribution in [0.4, 0.5) is 8.78 Å². The van der Waals surface area contributed by atoms with Crippen molar-refractivity contribution >= 4 is 0 Å². The van der Waals surface area contributed by atoms with Gasteiger partial charge in [-0.1, -0.05) is 49.4 Å². The number of hydrogen-bond donors (Lipinski definition) is 1. The second-order valence-electron chi connectivity index (χ2n) is 4.75. The van der Waals surface area contributed by atoms with Gasteiger partial charge in [-0.15, -0.1) is 0 Å². The summed E-state index contributed by atoms with van der Waals surface area (Å²) in [5, 5.41) is 7.22. The van der Waals surface area contributed by atoms with Crippen molar-refractivity contribution in [1.82, 2.24) is 10.2 Å². The molecule has 2 nitrogen and oxygen atoms in total. The molecule has 4 heteroatoms. The molecule has 0 spiro atoms. The van der Waals surface area contributed by atoms with E-state index in [2.05, 4.69) is 10.2 Å². The molecule has 21 heavy (non-hydrogen) atoms. The van der Waals surface area contributed by atoms with Crippen LogP contribution in [0.1, 0.15) is 12.6 Å². The molecule has 0 aliphatic carbocycles. The third-order valence-electron chi connectivity index (χ3n) is 3.46. The molecule has 0 unspecified atom stereocenters. The molecule has 0 radical (unpaired) electrons. The van der Waals surface area contributed by atoms with E-state index in [4.69, 9.17) is 0 Å². The van der Waals surface area contributed by atoms with Crippen LogP contribution in [0.25, 0.3) is 22.4 Å². The van der Waals surface area contributed by atoms with E-state index in [0.717, 1.165) is 17.3 Å². The van der Waals surface area contributed by atoms with Crippen LogP contribution < -0.4 is 0 Å². The zero-order valence-corrected chi connectivity index (χ0v) is 11.5. The number of halogens is 2. The van der Waals surface area contributed by atoms with Gasteiger partial charge in [0.25, 0.3) is 0 Å². The fraction of sp³-hybridized carbons (Fsp3) is 0.118. The Bertz CT molecular complexity index is 764. The van der Waals surface area contributed by atoms with E-state index in [9.17, 15) is 8.78 Å². The number of nitrogens with one attached hydrogen (secondary N) is 1. The average Bonchev–Trinajstić information content (AvgIpc) is 2.94. The van der Waals surface area contributed by atoms with E-state index in [0.29, 0.717) is 17.7 Å². The van der Waals surface area contributed by atoms with E-state index in [1.807, 2.05) is 37.3 Å². The number of aryl methyl sites for hydroxylation is 1. The minimum absolute atomic E-state index is 0.236. The summed E-state index contributed by atoms with van der Waals surface area (Å²) in [4.78, 5) is 0. The highest BCUT2D eigenvalue weighted by Crippen LogP contribution is 2.35. The Morgan fingerprint density at radius 3 is 2.48 bits per heavy atom. The van der Waals surface area contributed by atoms with Crippen LogP contribution >= 0.6 is 0 Å². The molecule has 1 heterocycles. The van der Waals surface area contributed by atoms with Gasteiger partial charge in [0, 0.05) is 22.4 Å². The summed E-state index contributed by atoms with van der Waals surface area (Å²) < 4.78 is 27.7. The molecule has 106 valence electrons. The molecule has 0 saturated carbocycles. The van der Waals surface area contributed by atoms with E-state index >= 15 is 0 Å². The molecule has 3 aromatic rings. The average molecular weight is 284 g/mol. The highest BCUT2D eigenvalue weighted by atomic mass is 19.2. The minimum Gasteiger partial charge on any atom is -0.281 e. The maximum absolute atomic E-state index is 14.2. The third kappa shape index (κ3) is 2.33. The van der Waals surface area contributed by atoms with Crippen LogP contribution in [-0.2, 0) is 6.42 Å². The Balaban J connectivity index is 2.26. The molecule has 3 rings (SSSR count). The van der Waals surface area contributed by atoms with Crippen molar-refractivity contribution < 1.29 is 8.78 Å². The first kappa shape index (κ1) is 13.5. The molecule has 1 N–H and O–H groups in total. The van der Waals surface area contributed by atoms with Crippen LogP contribution in [0.5, 0.6) is 0 Å². The SMILES string of the molecule is CCc1[nH]nc(-c2ccccc2)c1-c1cccc(F)c1F. The number of hydrogen-bond acceptors (Lipinski definition) is 1. The lowest BCUT2D eigenvalue weighted by Crippen LogP contribution is -1.93. The zero-order valence-electron chi connectivity index (χ0n) is 11.5. The van der Waals surface area contributed by atoms with E-state index < -0.39 is 11.6 Å². The number of nitrogens with zero attached hydrogens (tertiary/aromatic N) is 1. The second kappa shape index (κ2) is 5.48. The normalized spacial score (nSPS) is 10.8.